The Morgan fingerprint density at radius 2 is 1.94 bits per heavy atom. The first-order chi connectivity index (χ1) is 17.1. The predicted octanol–water partition coefficient (Wildman–Crippen LogP) is 3.80. The first-order valence-corrected chi connectivity index (χ1v) is 12.5. The van der Waals surface area contributed by atoms with Gasteiger partial charge in [0.25, 0.3) is 0 Å². The summed E-state index contributed by atoms with van der Waals surface area (Å²) in [7, 11) is 0. The van der Waals surface area contributed by atoms with Gasteiger partial charge in [-0.2, -0.15) is 0 Å². The highest BCUT2D eigenvalue weighted by atomic mass is 32.1. The summed E-state index contributed by atoms with van der Waals surface area (Å²) >= 11 is 1.67. The van der Waals surface area contributed by atoms with Crippen LogP contribution in [0.1, 0.15) is 16.3 Å². The van der Waals surface area contributed by atoms with Crippen LogP contribution in [0.15, 0.2) is 53.1 Å². The lowest BCUT2D eigenvalue weighted by Gasteiger charge is -2.35. The van der Waals surface area contributed by atoms with E-state index in [4.69, 9.17) is 15.7 Å². The molecule has 8 heteroatoms. The normalized spacial score (nSPS) is 15.8. The van der Waals surface area contributed by atoms with E-state index in [1.54, 1.807) is 11.3 Å². The number of aliphatic hydroxyl groups is 1. The van der Waals surface area contributed by atoms with Gasteiger partial charge in [-0.1, -0.05) is 29.3 Å². The predicted molar refractivity (Wildman–Crippen MR) is 137 cm³/mol. The molecule has 0 bridgehead atoms. The number of aryl methyl sites for hydroxylation is 1. The second-order valence-corrected chi connectivity index (χ2v) is 10.0. The van der Waals surface area contributed by atoms with E-state index in [0.717, 1.165) is 69.7 Å². The summed E-state index contributed by atoms with van der Waals surface area (Å²) in [6.45, 7) is 7.08. The number of rotatable bonds is 8. The van der Waals surface area contributed by atoms with Gasteiger partial charge in [-0.3, -0.25) is 9.80 Å². The summed E-state index contributed by atoms with van der Waals surface area (Å²) < 4.78 is 12.6. The van der Waals surface area contributed by atoms with Crippen molar-refractivity contribution in [3.05, 3.63) is 64.9 Å². The van der Waals surface area contributed by atoms with Gasteiger partial charge in [0, 0.05) is 56.0 Å². The third kappa shape index (κ3) is 5.72. The molecule has 7 nitrogen and oxygen atoms in total. The van der Waals surface area contributed by atoms with Crippen LogP contribution in [0.5, 0.6) is 5.75 Å². The summed E-state index contributed by atoms with van der Waals surface area (Å²) in [4.78, 5) is 9.11. The minimum atomic E-state index is -0.553. The third-order valence-corrected chi connectivity index (χ3v) is 7.09. The first-order valence-electron chi connectivity index (χ1n) is 11.7. The van der Waals surface area contributed by atoms with Gasteiger partial charge in [-0.05, 0) is 25.1 Å². The number of benzene rings is 2. The van der Waals surface area contributed by atoms with Crippen molar-refractivity contribution < 1.29 is 14.4 Å². The molecule has 1 atom stereocenters. The summed E-state index contributed by atoms with van der Waals surface area (Å²) in [6, 6.07) is 15.6. The fraction of sp³-hybridized carbons (Fsp3) is 0.333. The number of nitrogens with zero attached hydrogens (tertiary/aromatic N) is 4. The number of piperazine rings is 1. The zero-order chi connectivity index (χ0) is 24.2. The SMILES string of the molecule is C#Cc1ccccc1-c1cc(CN2CCN(C[C@@H](O)COc3ccc4sc(C)nc4c3)CC2)on1. The largest absolute Gasteiger partial charge is 0.491 e. The zero-order valence-electron chi connectivity index (χ0n) is 19.7. The fourth-order valence-corrected chi connectivity index (χ4v) is 5.16. The molecule has 2 aromatic carbocycles. The molecular formula is C27H28N4O3S. The van der Waals surface area contributed by atoms with Gasteiger partial charge < -0.3 is 14.4 Å². The Morgan fingerprint density at radius 1 is 1.14 bits per heavy atom. The quantitative estimate of drug-likeness (QED) is 0.378. The Morgan fingerprint density at radius 3 is 2.77 bits per heavy atom. The van der Waals surface area contributed by atoms with Gasteiger partial charge >= 0.3 is 0 Å². The molecule has 0 unspecified atom stereocenters. The number of aromatic nitrogens is 2. The van der Waals surface area contributed by atoms with Crippen molar-refractivity contribution in [3.63, 3.8) is 0 Å². The van der Waals surface area contributed by atoms with Gasteiger partial charge in [0.2, 0.25) is 0 Å². The molecule has 35 heavy (non-hydrogen) atoms. The molecule has 1 saturated heterocycles. The van der Waals surface area contributed by atoms with Crippen molar-refractivity contribution >= 4 is 21.6 Å². The van der Waals surface area contributed by atoms with Crippen molar-refractivity contribution in [1.29, 1.82) is 0 Å². The maximum absolute atomic E-state index is 10.5. The summed E-state index contributed by atoms with van der Waals surface area (Å²) in [5.74, 6) is 4.26. The van der Waals surface area contributed by atoms with Gasteiger partial charge in [-0.25, -0.2) is 4.98 Å². The lowest BCUT2D eigenvalue weighted by molar-refractivity contribution is 0.0430. The van der Waals surface area contributed by atoms with E-state index in [1.165, 1.54) is 0 Å². The van der Waals surface area contributed by atoms with Gasteiger partial charge in [-0.15, -0.1) is 17.8 Å². The molecule has 1 aliphatic rings. The molecule has 1 aliphatic heterocycles. The molecule has 4 aromatic rings. The molecule has 0 saturated carbocycles. The van der Waals surface area contributed by atoms with E-state index in [-0.39, 0.29) is 6.61 Å². The molecule has 1 N–H and O–H groups in total. The average Bonchev–Trinajstić information content (AvgIpc) is 3.49. The number of hydrogen-bond donors (Lipinski definition) is 1. The van der Waals surface area contributed by atoms with Crippen LogP contribution < -0.4 is 4.74 Å². The molecule has 5 rings (SSSR count). The monoisotopic (exact) mass is 488 g/mol. The molecule has 0 amide bonds. The molecule has 0 radical (unpaired) electrons. The van der Waals surface area contributed by atoms with Crippen LogP contribution in [0, 0.1) is 19.3 Å². The molecule has 180 valence electrons. The smallest absolute Gasteiger partial charge is 0.151 e. The van der Waals surface area contributed by atoms with E-state index >= 15 is 0 Å². The summed E-state index contributed by atoms with van der Waals surface area (Å²) in [6.07, 6.45) is 5.06. The van der Waals surface area contributed by atoms with Crippen molar-refractivity contribution in [2.75, 3.05) is 39.3 Å². The Hall–Kier alpha value is -3.22. The Labute approximate surface area is 208 Å². The van der Waals surface area contributed by atoms with Crippen LogP contribution in [-0.2, 0) is 6.54 Å². The molecular weight excluding hydrogens is 460 g/mol. The number of fused-ring (bicyclic) bond motifs is 1. The Balaban J connectivity index is 1.07. The van der Waals surface area contributed by atoms with E-state index in [2.05, 4.69) is 25.9 Å². The first kappa shape index (κ1) is 23.5. The Bertz CT molecular complexity index is 1330. The van der Waals surface area contributed by atoms with Crippen molar-refractivity contribution in [2.45, 2.75) is 19.6 Å². The van der Waals surface area contributed by atoms with Crippen LogP contribution in [0.25, 0.3) is 21.5 Å². The fourth-order valence-electron chi connectivity index (χ4n) is 4.35. The second-order valence-electron chi connectivity index (χ2n) is 8.77. The van der Waals surface area contributed by atoms with E-state index in [0.29, 0.717) is 13.1 Å². The highest BCUT2D eigenvalue weighted by Crippen LogP contribution is 2.26. The zero-order valence-corrected chi connectivity index (χ0v) is 20.5. The van der Waals surface area contributed by atoms with E-state index in [9.17, 15) is 5.11 Å². The van der Waals surface area contributed by atoms with E-state index < -0.39 is 6.10 Å². The van der Waals surface area contributed by atoms with Crippen molar-refractivity contribution in [1.82, 2.24) is 19.9 Å². The maximum atomic E-state index is 10.5. The van der Waals surface area contributed by atoms with Crippen LogP contribution in [0.2, 0.25) is 0 Å². The second kappa shape index (κ2) is 10.6. The number of terminal acetylenes is 1. The number of thiazole rings is 1. The average molecular weight is 489 g/mol. The van der Waals surface area contributed by atoms with Crippen molar-refractivity contribution in [2.24, 2.45) is 0 Å². The number of aliphatic hydroxyl groups excluding tert-OH is 1. The molecule has 0 spiro atoms. The maximum Gasteiger partial charge on any atom is 0.151 e. The van der Waals surface area contributed by atoms with Gasteiger partial charge in [0.05, 0.1) is 21.8 Å². The molecule has 2 aromatic heterocycles. The van der Waals surface area contributed by atoms with Crippen LogP contribution in [-0.4, -0.2) is 70.5 Å². The minimum absolute atomic E-state index is 0.259. The highest BCUT2D eigenvalue weighted by Gasteiger charge is 2.21. The summed E-state index contributed by atoms with van der Waals surface area (Å²) in [5, 5.41) is 15.8. The number of β-amino-alcohol motifs (C(OH)–C–C–N with tert-alkyl or cyclic N) is 1. The minimum Gasteiger partial charge on any atom is -0.491 e. The molecule has 1 fully saturated rings. The van der Waals surface area contributed by atoms with Gasteiger partial charge in [0.15, 0.2) is 5.76 Å². The van der Waals surface area contributed by atoms with Crippen molar-refractivity contribution in [3.8, 4) is 29.4 Å². The number of ether oxygens (including phenoxy) is 1. The van der Waals surface area contributed by atoms with E-state index in [1.807, 2.05) is 55.5 Å². The van der Waals surface area contributed by atoms with Crippen LogP contribution in [0.4, 0.5) is 0 Å². The molecule has 0 aliphatic carbocycles. The lowest BCUT2D eigenvalue weighted by Crippen LogP contribution is -2.48. The highest BCUT2D eigenvalue weighted by molar-refractivity contribution is 7.18. The molecule has 3 heterocycles. The Kier molecular flexibility index (Phi) is 7.11. The lowest BCUT2D eigenvalue weighted by atomic mass is 10.1. The topological polar surface area (TPSA) is 74.9 Å². The van der Waals surface area contributed by atoms with Crippen LogP contribution in [0.3, 0.4) is 0 Å². The standard InChI is InChI=1S/C27H28N4O3S/c1-3-20-6-4-5-7-24(20)25-15-23(34-29-25)17-31-12-10-30(11-13-31)16-21(32)18-33-22-8-9-27-26(14-22)28-19(2)35-27/h1,4-9,14-15,21,32H,10-13,16-18H2,2H3/t21-/m1/s1. The number of hydrogen-bond acceptors (Lipinski definition) is 8. The van der Waals surface area contributed by atoms with Crippen LogP contribution >= 0.6 is 11.3 Å². The summed E-state index contributed by atoms with van der Waals surface area (Å²) in [5.41, 5.74) is 3.42. The third-order valence-electron chi connectivity index (χ3n) is 6.14. The van der Waals surface area contributed by atoms with Gasteiger partial charge in [0.1, 0.15) is 24.2 Å².